The van der Waals surface area contributed by atoms with E-state index in [9.17, 15) is 0 Å². The molecule has 0 saturated carbocycles. The van der Waals surface area contributed by atoms with Crippen molar-refractivity contribution in [2.45, 2.75) is 0 Å². The van der Waals surface area contributed by atoms with Crippen LogP contribution in [0.5, 0.6) is 0 Å². The molecule has 0 spiro atoms. The zero-order valence-corrected chi connectivity index (χ0v) is 7.91. The second kappa shape index (κ2) is 4.20. The molecule has 0 N–H and O–H groups in total. The van der Waals surface area contributed by atoms with Crippen molar-refractivity contribution in [2.75, 3.05) is 0 Å². The zero-order chi connectivity index (χ0) is 10.5. The number of hydrogen-bond acceptors (Lipinski definition) is 3. The van der Waals surface area contributed by atoms with Gasteiger partial charge in [-0.2, -0.15) is 15.2 Å². The lowest BCUT2D eigenvalue weighted by Crippen LogP contribution is -1.97. The second-order valence-corrected chi connectivity index (χ2v) is 2.86. The van der Waals surface area contributed by atoms with Crippen molar-refractivity contribution in [3.8, 4) is 11.8 Å². The van der Waals surface area contributed by atoms with Gasteiger partial charge in [0.15, 0.2) is 0 Å². The predicted octanol–water partition coefficient (Wildman–Crippen LogP) is 1.80. The van der Waals surface area contributed by atoms with Gasteiger partial charge in [-0.25, -0.2) is 0 Å². The van der Waals surface area contributed by atoms with Crippen molar-refractivity contribution >= 4 is 6.08 Å². The fraction of sp³-hybridized carbons (Fsp3) is 0. The molecule has 0 atom stereocenters. The Morgan fingerprint density at radius 3 is 2.80 bits per heavy atom. The number of rotatable bonds is 2. The van der Waals surface area contributed by atoms with E-state index in [1.54, 1.807) is 12.3 Å². The summed E-state index contributed by atoms with van der Waals surface area (Å²) < 4.78 is 0. The van der Waals surface area contributed by atoms with Crippen LogP contribution in [0.2, 0.25) is 0 Å². The summed E-state index contributed by atoms with van der Waals surface area (Å²) in [6.45, 7) is 0. The quantitative estimate of drug-likeness (QED) is 0.688. The van der Waals surface area contributed by atoms with Crippen LogP contribution in [-0.2, 0) is 0 Å². The number of hydrogen-bond donors (Lipinski definition) is 0. The van der Waals surface area contributed by atoms with Gasteiger partial charge in [0.05, 0.1) is 18.0 Å². The minimum Gasteiger partial charge on any atom is -0.193 e. The number of nitrogens with zero attached hydrogens (tertiary/aromatic N) is 4. The van der Waals surface area contributed by atoms with Gasteiger partial charge in [0.25, 0.3) is 0 Å². The first kappa shape index (κ1) is 9.16. The van der Waals surface area contributed by atoms with Crippen LogP contribution in [0.15, 0.2) is 42.6 Å². The average molecular weight is 196 g/mol. The highest BCUT2D eigenvalue weighted by Crippen LogP contribution is 2.04. The van der Waals surface area contributed by atoms with Crippen LogP contribution in [0, 0.1) is 11.3 Å². The molecule has 2 aromatic rings. The number of allylic oxidation sites excluding steroid dienone is 1. The van der Waals surface area contributed by atoms with Crippen molar-refractivity contribution in [1.29, 1.82) is 5.26 Å². The van der Waals surface area contributed by atoms with Gasteiger partial charge in [-0.05, 0) is 18.2 Å². The van der Waals surface area contributed by atoms with Gasteiger partial charge < -0.3 is 0 Å². The lowest BCUT2D eigenvalue weighted by molar-refractivity contribution is 0.750. The molecule has 0 fully saturated rings. The molecule has 1 heterocycles. The molecular formula is C11H8N4. The summed E-state index contributed by atoms with van der Waals surface area (Å²) >= 11 is 0. The molecule has 2 rings (SSSR count). The van der Waals surface area contributed by atoms with E-state index in [2.05, 4.69) is 10.2 Å². The van der Waals surface area contributed by atoms with Crippen molar-refractivity contribution in [3.05, 3.63) is 48.3 Å². The molecule has 0 radical (unpaired) electrons. The third-order valence-corrected chi connectivity index (χ3v) is 1.83. The molecule has 0 amide bonds. The Balaban J connectivity index is 2.29. The number of aromatic nitrogens is 3. The molecule has 1 aromatic heterocycles. The van der Waals surface area contributed by atoms with E-state index in [1.807, 2.05) is 36.4 Å². The van der Waals surface area contributed by atoms with Crippen molar-refractivity contribution < 1.29 is 0 Å². The standard InChI is InChI=1S/C11H8N4/c12-8-4-5-10-9-13-15(14-10)11-6-2-1-3-7-11/h1-7,9H. The highest BCUT2D eigenvalue weighted by molar-refractivity contribution is 5.46. The summed E-state index contributed by atoms with van der Waals surface area (Å²) in [7, 11) is 0. The molecule has 1 aromatic carbocycles. The lowest BCUT2D eigenvalue weighted by Gasteiger charge is -1.96. The van der Waals surface area contributed by atoms with E-state index in [4.69, 9.17) is 5.26 Å². The van der Waals surface area contributed by atoms with Gasteiger partial charge in [0.2, 0.25) is 0 Å². The Bertz CT molecular complexity index is 505. The second-order valence-electron chi connectivity index (χ2n) is 2.86. The number of benzene rings is 1. The molecule has 0 saturated heterocycles. The summed E-state index contributed by atoms with van der Waals surface area (Å²) in [5.74, 6) is 0. The molecule has 0 unspecified atom stereocenters. The van der Waals surface area contributed by atoms with E-state index in [1.165, 1.54) is 10.9 Å². The topological polar surface area (TPSA) is 54.5 Å². The SMILES string of the molecule is N#CC=Cc1cnn(-c2ccccc2)n1. The third-order valence-electron chi connectivity index (χ3n) is 1.83. The Labute approximate surface area is 87.1 Å². The van der Waals surface area contributed by atoms with Crippen LogP contribution < -0.4 is 0 Å². The molecule has 0 aliphatic rings. The van der Waals surface area contributed by atoms with Crippen LogP contribution in [0.1, 0.15) is 5.69 Å². The highest BCUT2D eigenvalue weighted by atomic mass is 15.5. The number of para-hydroxylation sites is 1. The fourth-order valence-corrected chi connectivity index (χ4v) is 1.16. The van der Waals surface area contributed by atoms with E-state index >= 15 is 0 Å². The van der Waals surface area contributed by atoms with Gasteiger partial charge in [-0.3, -0.25) is 0 Å². The maximum absolute atomic E-state index is 8.36. The Morgan fingerprint density at radius 1 is 1.27 bits per heavy atom. The van der Waals surface area contributed by atoms with Crippen LogP contribution in [0.3, 0.4) is 0 Å². The van der Waals surface area contributed by atoms with Crippen LogP contribution in [-0.4, -0.2) is 15.0 Å². The summed E-state index contributed by atoms with van der Waals surface area (Å²) in [5.41, 5.74) is 1.56. The van der Waals surface area contributed by atoms with E-state index in [0.717, 1.165) is 5.69 Å². The molecule has 15 heavy (non-hydrogen) atoms. The van der Waals surface area contributed by atoms with Gasteiger partial charge in [0, 0.05) is 6.08 Å². The molecule has 0 aliphatic heterocycles. The summed E-state index contributed by atoms with van der Waals surface area (Å²) in [6, 6.07) is 11.5. The van der Waals surface area contributed by atoms with Gasteiger partial charge >= 0.3 is 0 Å². The molecule has 0 aliphatic carbocycles. The summed E-state index contributed by atoms with van der Waals surface area (Å²) in [4.78, 5) is 1.52. The smallest absolute Gasteiger partial charge is 0.106 e. The maximum atomic E-state index is 8.36. The van der Waals surface area contributed by atoms with Crippen LogP contribution in [0.4, 0.5) is 0 Å². The van der Waals surface area contributed by atoms with E-state index < -0.39 is 0 Å². The van der Waals surface area contributed by atoms with Crippen molar-refractivity contribution in [2.24, 2.45) is 0 Å². The zero-order valence-electron chi connectivity index (χ0n) is 7.91. The van der Waals surface area contributed by atoms with Crippen molar-refractivity contribution in [1.82, 2.24) is 15.0 Å². The largest absolute Gasteiger partial charge is 0.193 e. The van der Waals surface area contributed by atoms with Crippen molar-refractivity contribution in [3.63, 3.8) is 0 Å². The van der Waals surface area contributed by atoms with Crippen LogP contribution >= 0.6 is 0 Å². The third kappa shape index (κ3) is 2.09. The first-order valence-corrected chi connectivity index (χ1v) is 4.44. The maximum Gasteiger partial charge on any atom is 0.106 e. The summed E-state index contributed by atoms with van der Waals surface area (Å²) in [5, 5.41) is 16.6. The first-order valence-electron chi connectivity index (χ1n) is 4.44. The van der Waals surface area contributed by atoms with Gasteiger partial charge in [-0.15, -0.1) is 5.10 Å². The first-order chi connectivity index (χ1) is 7.40. The predicted molar refractivity (Wildman–Crippen MR) is 56.0 cm³/mol. The minimum atomic E-state index is 0.667. The Hall–Kier alpha value is -2.41. The average Bonchev–Trinajstić information content (AvgIpc) is 2.76. The molecule has 72 valence electrons. The molecule has 4 heteroatoms. The van der Waals surface area contributed by atoms with Gasteiger partial charge in [0.1, 0.15) is 5.69 Å². The minimum absolute atomic E-state index is 0.667. The van der Waals surface area contributed by atoms with E-state index in [0.29, 0.717) is 5.69 Å². The highest BCUT2D eigenvalue weighted by Gasteiger charge is 1.98. The van der Waals surface area contributed by atoms with Crippen LogP contribution in [0.25, 0.3) is 11.8 Å². The summed E-state index contributed by atoms with van der Waals surface area (Å²) in [6.07, 6.45) is 4.60. The van der Waals surface area contributed by atoms with E-state index in [-0.39, 0.29) is 0 Å². The normalized spacial score (nSPS) is 10.3. The molecule has 4 nitrogen and oxygen atoms in total. The van der Waals surface area contributed by atoms with Gasteiger partial charge in [-0.1, -0.05) is 18.2 Å². The fourth-order valence-electron chi connectivity index (χ4n) is 1.16. The lowest BCUT2D eigenvalue weighted by atomic mass is 10.3. The Morgan fingerprint density at radius 2 is 2.07 bits per heavy atom. The number of nitriles is 1. The molecule has 0 bridgehead atoms. The Kier molecular flexibility index (Phi) is 2.56. The molecular weight excluding hydrogens is 188 g/mol. The monoisotopic (exact) mass is 196 g/mol.